The molecular formula is C34H51NO3Si. The topological polar surface area (TPSA) is 47.6 Å². The van der Waals surface area contributed by atoms with Crippen LogP contribution in [0.25, 0.3) is 0 Å². The average molecular weight is 550 g/mol. The number of rotatable bonds is 11. The third-order valence-electron chi connectivity index (χ3n) is 8.30. The molecule has 0 aliphatic heterocycles. The minimum Gasteiger partial charge on any atom is -0.444 e. The molecule has 0 bridgehead atoms. The van der Waals surface area contributed by atoms with Crippen LogP contribution in [0.2, 0.25) is 5.04 Å². The molecule has 0 spiro atoms. The second-order valence-electron chi connectivity index (χ2n) is 13.4. The highest BCUT2D eigenvalue weighted by atomic mass is 28.4. The molecule has 1 amide bonds. The molecule has 2 aromatic rings. The van der Waals surface area contributed by atoms with Gasteiger partial charge in [0.1, 0.15) is 5.60 Å². The Hall–Kier alpha value is -2.37. The molecule has 1 fully saturated rings. The molecule has 4 nitrogen and oxygen atoms in total. The molecule has 0 saturated heterocycles. The fraction of sp³-hybridized carbons (Fsp3) is 0.559. The maximum absolute atomic E-state index is 13.1. The number of alkyl carbamates (subject to hydrolysis) is 1. The van der Waals surface area contributed by atoms with Gasteiger partial charge in [-0.25, -0.2) is 4.79 Å². The van der Waals surface area contributed by atoms with Crippen molar-refractivity contribution >= 4 is 24.8 Å². The Bertz CT molecular complexity index is 1020. The van der Waals surface area contributed by atoms with Gasteiger partial charge in [0.05, 0.1) is 0 Å². The van der Waals surface area contributed by atoms with E-state index in [2.05, 4.69) is 100 Å². The van der Waals surface area contributed by atoms with E-state index in [4.69, 9.17) is 9.16 Å². The Morgan fingerprint density at radius 2 is 1.62 bits per heavy atom. The van der Waals surface area contributed by atoms with Gasteiger partial charge in [-0.3, -0.25) is 0 Å². The third kappa shape index (κ3) is 7.43. The summed E-state index contributed by atoms with van der Waals surface area (Å²) in [5, 5.41) is 5.92. The van der Waals surface area contributed by atoms with Crippen LogP contribution < -0.4 is 15.7 Å². The molecule has 0 radical (unpaired) electrons. The highest BCUT2D eigenvalue weighted by Crippen LogP contribution is 2.45. The first-order valence-electron chi connectivity index (χ1n) is 14.7. The monoisotopic (exact) mass is 549 g/mol. The third-order valence-corrected chi connectivity index (χ3v) is 13.3. The molecule has 214 valence electrons. The standard InChI is InChI=1S/C34H51NO3Si/c1-9-10-17-24-34(35-31(36)38-32(3,4)5)25-18-23-30(34)27(2)26-37-39(33(6,7)8,28-19-13-11-14-20-28)29-21-15-12-16-22-29/h9,11-16,19-22,27,30H,1,10,17-18,23-26H2,2-8H3,(H,35,36)/t27-,30+,34+/m0/s1. The van der Waals surface area contributed by atoms with Crippen LogP contribution in [0.3, 0.4) is 0 Å². The average Bonchev–Trinajstić information content (AvgIpc) is 3.27. The number of amides is 1. The molecule has 0 unspecified atom stereocenters. The summed E-state index contributed by atoms with van der Waals surface area (Å²) in [6, 6.07) is 21.7. The van der Waals surface area contributed by atoms with Crippen LogP contribution in [0.15, 0.2) is 73.3 Å². The Morgan fingerprint density at radius 3 is 2.10 bits per heavy atom. The van der Waals surface area contributed by atoms with Crippen LogP contribution in [-0.4, -0.2) is 32.2 Å². The first-order chi connectivity index (χ1) is 18.3. The number of hydrogen-bond acceptors (Lipinski definition) is 3. The maximum atomic E-state index is 13.1. The highest BCUT2D eigenvalue weighted by Gasteiger charge is 2.52. The number of unbranched alkanes of at least 4 members (excludes halogenated alkanes) is 1. The SMILES string of the molecule is C=CCCC[C@@]1(NC(=O)OC(C)(C)C)CCC[C@@H]1[C@@H](C)CO[Si](c1ccccc1)(c1ccccc1)C(C)(C)C. The number of carbonyl (C=O) groups is 1. The molecule has 5 heteroatoms. The highest BCUT2D eigenvalue weighted by molar-refractivity contribution is 6.99. The second kappa shape index (κ2) is 12.9. The molecule has 39 heavy (non-hydrogen) atoms. The van der Waals surface area contributed by atoms with Crippen LogP contribution in [0.4, 0.5) is 4.79 Å². The second-order valence-corrected chi connectivity index (χ2v) is 17.7. The van der Waals surface area contributed by atoms with E-state index in [9.17, 15) is 4.79 Å². The Kier molecular flexibility index (Phi) is 10.3. The van der Waals surface area contributed by atoms with Crippen LogP contribution in [-0.2, 0) is 9.16 Å². The number of carbonyl (C=O) groups excluding carboxylic acids is 1. The van der Waals surface area contributed by atoms with E-state index >= 15 is 0 Å². The predicted molar refractivity (Wildman–Crippen MR) is 166 cm³/mol. The largest absolute Gasteiger partial charge is 0.444 e. The quantitative estimate of drug-likeness (QED) is 0.178. The summed E-state index contributed by atoms with van der Waals surface area (Å²) in [7, 11) is -2.63. The number of ether oxygens (including phenoxy) is 1. The molecule has 3 atom stereocenters. The molecular weight excluding hydrogens is 498 g/mol. The van der Waals surface area contributed by atoms with Crippen molar-refractivity contribution in [1.82, 2.24) is 5.32 Å². The summed E-state index contributed by atoms with van der Waals surface area (Å²) >= 11 is 0. The van der Waals surface area contributed by atoms with E-state index in [0.29, 0.717) is 12.5 Å². The van der Waals surface area contributed by atoms with E-state index in [1.807, 2.05) is 26.8 Å². The van der Waals surface area contributed by atoms with Crippen molar-refractivity contribution < 1.29 is 14.0 Å². The van der Waals surface area contributed by atoms with Gasteiger partial charge in [0, 0.05) is 12.1 Å². The number of allylic oxidation sites excluding steroid dienone is 1. The predicted octanol–water partition coefficient (Wildman–Crippen LogP) is 7.62. The van der Waals surface area contributed by atoms with E-state index in [0.717, 1.165) is 38.5 Å². The van der Waals surface area contributed by atoms with Crippen LogP contribution in [0.1, 0.15) is 87.0 Å². The van der Waals surface area contributed by atoms with Crippen molar-refractivity contribution in [3.05, 3.63) is 73.3 Å². The Labute approximate surface area is 238 Å². The Morgan fingerprint density at radius 1 is 1.05 bits per heavy atom. The van der Waals surface area contributed by atoms with Gasteiger partial charge in [-0.2, -0.15) is 0 Å². The van der Waals surface area contributed by atoms with Crippen LogP contribution in [0, 0.1) is 11.8 Å². The summed E-state index contributed by atoms with van der Waals surface area (Å²) in [5.74, 6) is 0.584. The zero-order valence-electron chi connectivity index (χ0n) is 25.4. The lowest BCUT2D eigenvalue weighted by molar-refractivity contribution is 0.0363. The first kappa shape index (κ1) is 31.2. The molecule has 0 heterocycles. The Balaban J connectivity index is 1.94. The van der Waals surface area contributed by atoms with Gasteiger partial charge in [-0.15, -0.1) is 6.58 Å². The van der Waals surface area contributed by atoms with Gasteiger partial charge >= 0.3 is 6.09 Å². The minimum atomic E-state index is -2.63. The molecule has 0 aromatic heterocycles. The fourth-order valence-corrected chi connectivity index (χ4v) is 11.3. The molecule has 1 aliphatic carbocycles. The normalized spacial score (nSPS) is 20.8. The van der Waals surface area contributed by atoms with Crippen molar-refractivity contribution in [2.45, 2.75) is 103 Å². The van der Waals surface area contributed by atoms with E-state index in [1.165, 1.54) is 10.4 Å². The molecule has 1 aliphatic rings. The van der Waals surface area contributed by atoms with Gasteiger partial charge < -0.3 is 14.5 Å². The van der Waals surface area contributed by atoms with Crippen molar-refractivity contribution in [3.8, 4) is 0 Å². The van der Waals surface area contributed by atoms with Gasteiger partial charge in [0.15, 0.2) is 0 Å². The zero-order valence-corrected chi connectivity index (χ0v) is 26.4. The van der Waals surface area contributed by atoms with Gasteiger partial charge in [-0.05, 0) is 80.1 Å². The van der Waals surface area contributed by atoms with Gasteiger partial charge in [0.2, 0.25) is 0 Å². The molecule has 2 aromatic carbocycles. The van der Waals surface area contributed by atoms with E-state index in [1.54, 1.807) is 0 Å². The van der Waals surface area contributed by atoms with E-state index in [-0.39, 0.29) is 22.6 Å². The summed E-state index contributed by atoms with van der Waals surface area (Å²) in [4.78, 5) is 13.1. The van der Waals surface area contributed by atoms with Crippen molar-refractivity contribution in [3.63, 3.8) is 0 Å². The fourth-order valence-electron chi connectivity index (χ4n) is 6.66. The van der Waals surface area contributed by atoms with Gasteiger partial charge in [-0.1, -0.05) is 101 Å². The summed E-state index contributed by atoms with van der Waals surface area (Å²) in [5.41, 5.74) is -0.821. The maximum Gasteiger partial charge on any atom is 0.408 e. The lowest BCUT2D eigenvalue weighted by Gasteiger charge is -2.45. The van der Waals surface area contributed by atoms with E-state index < -0.39 is 13.9 Å². The summed E-state index contributed by atoms with van der Waals surface area (Å²) in [6.07, 6.45) is 7.67. The summed E-state index contributed by atoms with van der Waals surface area (Å²) < 4.78 is 13.1. The van der Waals surface area contributed by atoms with Crippen molar-refractivity contribution in [2.24, 2.45) is 11.8 Å². The summed E-state index contributed by atoms with van der Waals surface area (Å²) in [6.45, 7) is 19.6. The number of benzene rings is 2. The van der Waals surface area contributed by atoms with Crippen LogP contribution >= 0.6 is 0 Å². The molecule has 1 N–H and O–H groups in total. The lowest BCUT2D eigenvalue weighted by atomic mass is 9.76. The smallest absolute Gasteiger partial charge is 0.408 e. The van der Waals surface area contributed by atoms with Crippen LogP contribution in [0.5, 0.6) is 0 Å². The molecule has 1 saturated carbocycles. The minimum absolute atomic E-state index is 0.0685. The molecule has 3 rings (SSSR count). The number of hydrogen-bond donors (Lipinski definition) is 1. The lowest BCUT2D eigenvalue weighted by Crippen LogP contribution is -2.67. The van der Waals surface area contributed by atoms with Crippen molar-refractivity contribution in [2.75, 3.05) is 6.61 Å². The number of nitrogens with one attached hydrogen (secondary N) is 1. The van der Waals surface area contributed by atoms with Crippen molar-refractivity contribution in [1.29, 1.82) is 0 Å². The first-order valence-corrected chi connectivity index (χ1v) is 16.6. The zero-order chi connectivity index (χ0) is 28.7. The van der Waals surface area contributed by atoms with Gasteiger partial charge in [0.25, 0.3) is 8.32 Å².